The summed E-state index contributed by atoms with van der Waals surface area (Å²) in [6.45, 7) is 6.13. The smallest absolute Gasteiger partial charge is 0.252 e. The summed E-state index contributed by atoms with van der Waals surface area (Å²) in [6.07, 6.45) is 4.47. The zero-order valence-electron chi connectivity index (χ0n) is 15.8. The summed E-state index contributed by atoms with van der Waals surface area (Å²) in [5, 5.41) is 5.33. The van der Waals surface area contributed by atoms with Crippen LogP contribution in [0.5, 0.6) is 0 Å². The number of nitrogens with zero attached hydrogens (tertiary/aromatic N) is 5. The molecule has 0 unspecified atom stereocenters. The van der Waals surface area contributed by atoms with Crippen LogP contribution in [0.25, 0.3) is 5.95 Å². The zero-order valence-corrected chi connectivity index (χ0v) is 16.6. The summed E-state index contributed by atoms with van der Waals surface area (Å²) in [5.41, 5.74) is 4.19. The number of aromatic nitrogens is 4. The number of benzene rings is 1. The predicted octanol–water partition coefficient (Wildman–Crippen LogP) is 4.51. The van der Waals surface area contributed by atoms with Crippen LogP contribution in [0.1, 0.15) is 41.9 Å². The highest BCUT2D eigenvalue weighted by molar-refractivity contribution is 6.30. The van der Waals surface area contributed by atoms with Crippen LogP contribution in [0.3, 0.4) is 0 Å². The molecule has 0 aliphatic carbocycles. The van der Waals surface area contributed by atoms with Crippen molar-refractivity contribution in [2.45, 2.75) is 39.5 Å². The number of halogens is 1. The Morgan fingerprint density at radius 1 is 0.963 bits per heavy atom. The first kappa shape index (κ1) is 18.0. The molecule has 0 spiro atoms. The first-order valence-corrected chi connectivity index (χ1v) is 9.87. The van der Waals surface area contributed by atoms with E-state index in [0.717, 1.165) is 47.4 Å². The SMILES string of the molecule is Cc1cc(C)n(-c2nc(Cc3ccc(Cl)cc3)cc(N3CCCCC3)n2)n1. The molecular formula is C21H24ClN5. The van der Waals surface area contributed by atoms with Crippen molar-refractivity contribution >= 4 is 17.4 Å². The van der Waals surface area contributed by atoms with Crippen molar-refractivity contribution in [3.63, 3.8) is 0 Å². The minimum atomic E-state index is 0.646. The van der Waals surface area contributed by atoms with Crippen molar-refractivity contribution in [2.75, 3.05) is 18.0 Å². The number of rotatable bonds is 4. The molecule has 1 aliphatic heterocycles. The Hall–Kier alpha value is -2.40. The second-order valence-corrected chi connectivity index (χ2v) is 7.64. The van der Waals surface area contributed by atoms with Gasteiger partial charge in [-0.15, -0.1) is 0 Å². The van der Waals surface area contributed by atoms with Crippen molar-refractivity contribution in [3.05, 3.63) is 64.1 Å². The second kappa shape index (κ2) is 7.69. The van der Waals surface area contributed by atoms with Gasteiger partial charge in [-0.3, -0.25) is 0 Å². The van der Waals surface area contributed by atoms with Crippen LogP contribution in [-0.2, 0) is 6.42 Å². The molecule has 0 bridgehead atoms. The molecule has 0 amide bonds. The maximum atomic E-state index is 6.02. The van der Waals surface area contributed by atoms with Crippen LogP contribution in [0.15, 0.2) is 36.4 Å². The highest BCUT2D eigenvalue weighted by atomic mass is 35.5. The summed E-state index contributed by atoms with van der Waals surface area (Å²) in [6, 6.07) is 12.1. The van der Waals surface area contributed by atoms with Gasteiger partial charge in [-0.25, -0.2) is 9.67 Å². The molecule has 1 aromatic carbocycles. The van der Waals surface area contributed by atoms with Crippen molar-refractivity contribution in [1.82, 2.24) is 19.7 Å². The number of piperidine rings is 1. The molecule has 3 heterocycles. The summed E-state index contributed by atoms with van der Waals surface area (Å²) in [5.74, 6) is 1.64. The minimum Gasteiger partial charge on any atom is -0.356 e. The highest BCUT2D eigenvalue weighted by Gasteiger charge is 2.17. The molecule has 140 valence electrons. The van der Waals surface area contributed by atoms with E-state index in [-0.39, 0.29) is 0 Å². The van der Waals surface area contributed by atoms with Crippen molar-refractivity contribution < 1.29 is 0 Å². The van der Waals surface area contributed by atoms with Crippen LogP contribution in [0, 0.1) is 13.8 Å². The molecule has 2 aromatic heterocycles. The van der Waals surface area contributed by atoms with Gasteiger partial charge in [0.25, 0.3) is 5.95 Å². The van der Waals surface area contributed by atoms with Gasteiger partial charge in [-0.2, -0.15) is 10.1 Å². The van der Waals surface area contributed by atoms with Gasteiger partial charge in [-0.05, 0) is 56.9 Å². The molecule has 0 saturated carbocycles. The zero-order chi connectivity index (χ0) is 18.8. The average Bonchev–Trinajstić information content (AvgIpc) is 3.02. The van der Waals surface area contributed by atoms with E-state index in [1.54, 1.807) is 0 Å². The first-order valence-electron chi connectivity index (χ1n) is 9.49. The van der Waals surface area contributed by atoms with Crippen LogP contribution < -0.4 is 4.90 Å². The lowest BCUT2D eigenvalue weighted by Crippen LogP contribution is -2.30. The fourth-order valence-electron chi connectivity index (χ4n) is 3.58. The Bertz CT molecular complexity index is 926. The number of anilines is 1. The van der Waals surface area contributed by atoms with E-state index in [4.69, 9.17) is 21.6 Å². The third-order valence-corrected chi connectivity index (χ3v) is 5.18. The molecule has 6 heteroatoms. The van der Waals surface area contributed by atoms with Gasteiger partial charge in [0.1, 0.15) is 5.82 Å². The van der Waals surface area contributed by atoms with Crippen LogP contribution >= 0.6 is 11.6 Å². The molecule has 0 radical (unpaired) electrons. The maximum absolute atomic E-state index is 6.02. The van der Waals surface area contributed by atoms with E-state index in [0.29, 0.717) is 5.95 Å². The molecule has 1 aliphatic rings. The van der Waals surface area contributed by atoms with Gasteiger partial charge in [0.2, 0.25) is 0 Å². The van der Waals surface area contributed by atoms with E-state index < -0.39 is 0 Å². The van der Waals surface area contributed by atoms with Gasteiger partial charge in [0, 0.05) is 36.3 Å². The van der Waals surface area contributed by atoms with Crippen LogP contribution in [0.2, 0.25) is 5.02 Å². The Balaban J connectivity index is 1.73. The molecule has 4 rings (SSSR count). The quantitative estimate of drug-likeness (QED) is 0.666. The van der Waals surface area contributed by atoms with E-state index in [1.807, 2.05) is 42.8 Å². The van der Waals surface area contributed by atoms with Gasteiger partial charge in [0.15, 0.2) is 0 Å². The first-order chi connectivity index (χ1) is 13.1. The van der Waals surface area contributed by atoms with Crippen LogP contribution in [0.4, 0.5) is 5.82 Å². The van der Waals surface area contributed by atoms with Gasteiger partial charge >= 0.3 is 0 Å². The molecule has 5 nitrogen and oxygen atoms in total. The molecule has 3 aromatic rings. The van der Waals surface area contributed by atoms with E-state index in [9.17, 15) is 0 Å². The fraction of sp³-hybridized carbons (Fsp3) is 0.381. The predicted molar refractivity (Wildman–Crippen MR) is 109 cm³/mol. The highest BCUT2D eigenvalue weighted by Crippen LogP contribution is 2.22. The Labute approximate surface area is 165 Å². The number of hydrogen-bond donors (Lipinski definition) is 0. The molecule has 0 atom stereocenters. The summed E-state index contributed by atoms with van der Waals surface area (Å²) >= 11 is 6.02. The Morgan fingerprint density at radius 2 is 1.70 bits per heavy atom. The van der Waals surface area contributed by atoms with Crippen molar-refractivity contribution in [3.8, 4) is 5.95 Å². The lowest BCUT2D eigenvalue weighted by molar-refractivity contribution is 0.571. The fourth-order valence-corrected chi connectivity index (χ4v) is 3.71. The second-order valence-electron chi connectivity index (χ2n) is 7.21. The number of hydrogen-bond acceptors (Lipinski definition) is 4. The average molecular weight is 382 g/mol. The van der Waals surface area contributed by atoms with Crippen molar-refractivity contribution in [2.24, 2.45) is 0 Å². The van der Waals surface area contributed by atoms with Crippen molar-refractivity contribution in [1.29, 1.82) is 0 Å². The molecule has 0 N–H and O–H groups in total. The van der Waals surface area contributed by atoms with E-state index in [2.05, 4.69) is 22.1 Å². The topological polar surface area (TPSA) is 46.8 Å². The lowest BCUT2D eigenvalue weighted by atomic mass is 10.1. The summed E-state index contributed by atoms with van der Waals surface area (Å²) in [7, 11) is 0. The standard InChI is InChI=1S/C21H24ClN5/c1-15-12-16(2)27(25-15)21-23-19(13-17-6-8-18(22)9-7-17)14-20(24-21)26-10-4-3-5-11-26/h6-9,12,14H,3-5,10-11,13H2,1-2H3. The van der Waals surface area contributed by atoms with E-state index in [1.165, 1.54) is 24.8 Å². The summed E-state index contributed by atoms with van der Waals surface area (Å²) in [4.78, 5) is 12.0. The summed E-state index contributed by atoms with van der Waals surface area (Å²) < 4.78 is 1.84. The minimum absolute atomic E-state index is 0.646. The Kier molecular flexibility index (Phi) is 5.12. The van der Waals surface area contributed by atoms with Crippen LogP contribution in [-0.4, -0.2) is 32.8 Å². The van der Waals surface area contributed by atoms with Gasteiger partial charge in [0.05, 0.1) is 11.4 Å². The van der Waals surface area contributed by atoms with E-state index >= 15 is 0 Å². The third-order valence-electron chi connectivity index (χ3n) is 4.93. The third kappa shape index (κ3) is 4.14. The Morgan fingerprint density at radius 3 is 2.37 bits per heavy atom. The molecule has 1 fully saturated rings. The maximum Gasteiger partial charge on any atom is 0.252 e. The monoisotopic (exact) mass is 381 g/mol. The van der Waals surface area contributed by atoms with Gasteiger partial charge < -0.3 is 4.90 Å². The lowest BCUT2D eigenvalue weighted by Gasteiger charge is -2.28. The largest absolute Gasteiger partial charge is 0.356 e. The molecule has 27 heavy (non-hydrogen) atoms. The normalized spacial score (nSPS) is 14.6. The number of aryl methyl sites for hydroxylation is 2. The molecule has 1 saturated heterocycles. The molecular weight excluding hydrogens is 358 g/mol. The van der Waals surface area contributed by atoms with Gasteiger partial charge in [-0.1, -0.05) is 23.7 Å².